The van der Waals surface area contributed by atoms with Crippen molar-refractivity contribution in [2.75, 3.05) is 19.0 Å². The van der Waals surface area contributed by atoms with Crippen LogP contribution in [-0.2, 0) is 4.74 Å². The second-order valence-electron chi connectivity index (χ2n) is 5.55. The molecule has 106 valence electrons. The van der Waals surface area contributed by atoms with E-state index in [4.69, 9.17) is 9.47 Å². The Labute approximate surface area is 114 Å². The zero-order valence-corrected chi connectivity index (χ0v) is 12.1. The fourth-order valence-corrected chi connectivity index (χ4v) is 2.38. The van der Waals surface area contributed by atoms with Crippen molar-refractivity contribution in [1.82, 2.24) is 9.97 Å². The van der Waals surface area contributed by atoms with Crippen molar-refractivity contribution < 1.29 is 9.47 Å². The molecular weight excluding hydrogens is 242 g/mol. The van der Waals surface area contributed by atoms with Crippen LogP contribution < -0.4 is 10.1 Å². The highest BCUT2D eigenvalue weighted by Gasteiger charge is 2.48. The van der Waals surface area contributed by atoms with Gasteiger partial charge in [-0.25, -0.2) is 4.98 Å². The van der Waals surface area contributed by atoms with E-state index in [-0.39, 0.29) is 5.41 Å². The SMILES string of the molecule is CCCOc1ccnc(NC2CC(OC)C2(C)C)n1. The lowest BCUT2D eigenvalue weighted by atomic mass is 9.64. The molecule has 2 unspecified atom stereocenters. The van der Waals surface area contributed by atoms with Crippen LogP contribution in [0.15, 0.2) is 12.3 Å². The molecule has 1 N–H and O–H groups in total. The normalized spacial score (nSPS) is 24.6. The molecule has 2 rings (SSSR count). The summed E-state index contributed by atoms with van der Waals surface area (Å²) in [5.74, 6) is 1.25. The topological polar surface area (TPSA) is 56.3 Å². The van der Waals surface area contributed by atoms with Crippen LogP contribution in [-0.4, -0.2) is 35.8 Å². The number of aromatic nitrogens is 2. The maximum absolute atomic E-state index is 5.51. The molecule has 1 fully saturated rings. The fraction of sp³-hybridized carbons (Fsp3) is 0.714. The third-order valence-electron chi connectivity index (χ3n) is 3.85. The minimum atomic E-state index is 0.0956. The molecule has 1 aliphatic carbocycles. The molecule has 1 aliphatic rings. The Hall–Kier alpha value is -1.36. The second kappa shape index (κ2) is 5.74. The third-order valence-corrected chi connectivity index (χ3v) is 3.85. The van der Waals surface area contributed by atoms with Crippen LogP contribution in [0, 0.1) is 5.41 Å². The number of hydrogen-bond donors (Lipinski definition) is 1. The number of nitrogens with zero attached hydrogens (tertiary/aromatic N) is 2. The maximum atomic E-state index is 5.51. The van der Waals surface area contributed by atoms with Crippen molar-refractivity contribution in [3.05, 3.63) is 12.3 Å². The highest BCUT2D eigenvalue weighted by atomic mass is 16.5. The minimum absolute atomic E-state index is 0.0956. The van der Waals surface area contributed by atoms with E-state index in [2.05, 4.69) is 36.1 Å². The molecule has 1 aromatic rings. The number of methoxy groups -OCH3 is 1. The smallest absolute Gasteiger partial charge is 0.226 e. The number of hydrogen-bond acceptors (Lipinski definition) is 5. The lowest BCUT2D eigenvalue weighted by molar-refractivity contribution is -0.0796. The van der Waals surface area contributed by atoms with E-state index in [1.165, 1.54) is 0 Å². The average molecular weight is 265 g/mol. The summed E-state index contributed by atoms with van der Waals surface area (Å²) < 4.78 is 10.9. The predicted octanol–water partition coefficient (Wildman–Crippen LogP) is 2.49. The van der Waals surface area contributed by atoms with Crippen molar-refractivity contribution in [2.45, 2.75) is 45.8 Å². The summed E-state index contributed by atoms with van der Waals surface area (Å²) in [6, 6.07) is 2.11. The summed E-state index contributed by atoms with van der Waals surface area (Å²) in [6.45, 7) is 7.14. The third kappa shape index (κ3) is 2.97. The molecule has 0 spiro atoms. The van der Waals surface area contributed by atoms with Crippen LogP contribution in [0.1, 0.15) is 33.6 Å². The number of nitrogens with one attached hydrogen (secondary N) is 1. The van der Waals surface area contributed by atoms with Gasteiger partial charge in [0, 0.05) is 30.8 Å². The summed E-state index contributed by atoms with van der Waals surface area (Å²) in [7, 11) is 1.76. The number of ether oxygens (including phenoxy) is 2. The van der Waals surface area contributed by atoms with Crippen molar-refractivity contribution >= 4 is 5.95 Å². The quantitative estimate of drug-likeness (QED) is 0.856. The lowest BCUT2D eigenvalue weighted by Gasteiger charge is -2.51. The monoisotopic (exact) mass is 265 g/mol. The molecule has 1 saturated carbocycles. The Kier molecular flexibility index (Phi) is 4.24. The Morgan fingerprint density at radius 3 is 2.89 bits per heavy atom. The first kappa shape index (κ1) is 14.1. The van der Waals surface area contributed by atoms with Crippen LogP contribution >= 0.6 is 0 Å². The van der Waals surface area contributed by atoms with Crippen molar-refractivity contribution in [3.63, 3.8) is 0 Å². The Balaban J connectivity index is 1.96. The van der Waals surface area contributed by atoms with Crippen LogP contribution in [0.3, 0.4) is 0 Å². The summed E-state index contributed by atoms with van der Waals surface area (Å²) in [5.41, 5.74) is 0.0956. The Morgan fingerprint density at radius 2 is 2.26 bits per heavy atom. The van der Waals surface area contributed by atoms with E-state index < -0.39 is 0 Å². The summed E-state index contributed by atoms with van der Waals surface area (Å²) in [6.07, 6.45) is 3.97. The first-order valence-electron chi connectivity index (χ1n) is 6.83. The minimum Gasteiger partial charge on any atom is -0.478 e. The van der Waals surface area contributed by atoms with E-state index >= 15 is 0 Å². The van der Waals surface area contributed by atoms with Gasteiger partial charge in [0.2, 0.25) is 11.8 Å². The van der Waals surface area contributed by atoms with Gasteiger partial charge in [-0.2, -0.15) is 4.98 Å². The molecule has 1 aromatic heterocycles. The van der Waals surface area contributed by atoms with Gasteiger partial charge in [0.15, 0.2) is 0 Å². The van der Waals surface area contributed by atoms with Gasteiger partial charge < -0.3 is 14.8 Å². The van der Waals surface area contributed by atoms with Gasteiger partial charge in [-0.15, -0.1) is 0 Å². The summed E-state index contributed by atoms with van der Waals surface area (Å²) in [5, 5.41) is 3.37. The highest BCUT2D eigenvalue weighted by Crippen LogP contribution is 2.43. The predicted molar refractivity (Wildman–Crippen MR) is 74.4 cm³/mol. The molecule has 5 heteroatoms. The molecule has 0 bridgehead atoms. The number of rotatable bonds is 6. The van der Waals surface area contributed by atoms with Gasteiger partial charge in [-0.3, -0.25) is 0 Å². The molecular formula is C14H23N3O2. The standard InChI is InChI=1S/C14H23N3O2/c1-5-8-19-12-6-7-15-13(17-12)16-10-9-11(18-4)14(10,2)3/h6-7,10-11H,5,8-9H2,1-4H3,(H,15,16,17). The number of anilines is 1. The largest absolute Gasteiger partial charge is 0.478 e. The molecule has 0 radical (unpaired) electrons. The van der Waals surface area contributed by atoms with Crippen LogP contribution in [0.4, 0.5) is 5.95 Å². The first-order valence-corrected chi connectivity index (χ1v) is 6.83. The van der Waals surface area contributed by atoms with Gasteiger partial charge in [0.25, 0.3) is 0 Å². The van der Waals surface area contributed by atoms with Crippen LogP contribution in [0.25, 0.3) is 0 Å². The molecule has 5 nitrogen and oxygen atoms in total. The average Bonchev–Trinajstić information content (AvgIpc) is 2.41. The van der Waals surface area contributed by atoms with Gasteiger partial charge in [-0.1, -0.05) is 20.8 Å². The van der Waals surface area contributed by atoms with E-state index in [1.54, 1.807) is 19.4 Å². The van der Waals surface area contributed by atoms with Crippen molar-refractivity contribution in [3.8, 4) is 5.88 Å². The fourth-order valence-electron chi connectivity index (χ4n) is 2.38. The Morgan fingerprint density at radius 1 is 1.47 bits per heavy atom. The molecule has 2 atom stereocenters. The Bertz CT molecular complexity index is 423. The van der Waals surface area contributed by atoms with E-state index in [0.29, 0.717) is 30.6 Å². The van der Waals surface area contributed by atoms with E-state index in [0.717, 1.165) is 12.8 Å². The van der Waals surface area contributed by atoms with Crippen LogP contribution in [0.2, 0.25) is 0 Å². The summed E-state index contributed by atoms with van der Waals surface area (Å²) in [4.78, 5) is 8.61. The van der Waals surface area contributed by atoms with Gasteiger partial charge in [0.05, 0.1) is 12.7 Å². The lowest BCUT2D eigenvalue weighted by Crippen LogP contribution is -2.57. The summed E-state index contributed by atoms with van der Waals surface area (Å²) >= 11 is 0. The molecule has 0 saturated heterocycles. The van der Waals surface area contributed by atoms with Crippen molar-refractivity contribution in [1.29, 1.82) is 0 Å². The van der Waals surface area contributed by atoms with Crippen LogP contribution in [0.5, 0.6) is 5.88 Å². The van der Waals surface area contributed by atoms with E-state index in [9.17, 15) is 0 Å². The molecule has 1 heterocycles. The van der Waals surface area contributed by atoms with Gasteiger partial charge in [-0.05, 0) is 12.8 Å². The molecule has 0 aromatic carbocycles. The van der Waals surface area contributed by atoms with Gasteiger partial charge in [0.1, 0.15) is 0 Å². The van der Waals surface area contributed by atoms with Crippen molar-refractivity contribution in [2.24, 2.45) is 5.41 Å². The second-order valence-corrected chi connectivity index (χ2v) is 5.55. The van der Waals surface area contributed by atoms with Gasteiger partial charge >= 0.3 is 0 Å². The highest BCUT2D eigenvalue weighted by molar-refractivity contribution is 5.32. The maximum Gasteiger partial charge on any atom is 0.226 e. The molecule has 19 heavy (non-hydrogen) atoms. The van der Waals surface area contributed by atoms with E-state index in [1.807, 2.05) is 0 Å². The molecule has 0 aliphatic heterocycles. The zero-order valence-electron chi connectivity index (χ0n) is 12.1. The zero-order chi connectivity index (χ0) is 13.9. The molecule has 0 amide bonds. The first-order chi connectivity index (χ1) is 9.07.